The monoisotopic (exact) mass is 184 g/mol. The Morgan fingerprint density at radius 2 is 1.69 bits per heavy atom. The van der Waals surface area contributed by atoms with Gasteiger partial charge in [0.25, 0.3) is 0 Å². The van der Waals surface area contributed by atoms with Gasteiger partial charge in [-0.3, -0.25) is 0 Å². The van der Waals surface area contributed by atoms with Gasteiger partial charge in [-0.15, -0.1) is 0 Å². The van der Waals surface area contributed by atoms with Crippen LogP contribution >= 0.6 is 0 Å². The van der Waals surface area contributed by atoms with Crippen molar-refractivity contribution >= 4 is 0 Å². The van der Waals surface area contributed by atoms with E-state index in [0.717, 1.165) is 0 Å². The van der Waals surface area contributed by atoms with Crippen LogP contribution in [0, 0.1) is 0 Å². The average molecular weight is 184 g/mol. The highest BCUT2D eigenvalue weighted by Crippen LogP contribution is 2.09. The van der Waals surface area contributed by atoms with Crippen LogP contribution in [0.4, 0.5) is 0 Å². The molecule has 1 heterocycles. The van der Waals surface area contributed by atoms with Crippen LogP contribution in [-0.4, -0.2) is 38.1 Å². The van der Waals surface area contributed by atoms with Gasteiger partial charge in [-0.1, -0.05) is 12.8 Å². The number of hydrogen-bond acceptors (Lipinski definition) is 2. The smallest absolute Gasteiger partial charge is 0.00183 e. The quantitative estimate of drug-likeness (QED) is 0.608. The lowest BCUT2D eigenvalue weighted by molar-refractivity contribution is 0.328. The number of nitrogens with zero attached hydrogens (tertiary/aromatic N) is 1. The Kier molecular flexibility index (Phi) is 6.21. The van der Waals surface area contributed by atoms with Gasteiger partial charge in [0.05, 0.1) is 0 Å². The second-order valence-corrected chi connectivity index (χ2v) is 4.07. The number of nitrogens with one attached hydrogen (secondary N) is 1. The molecule has 0 radical (unpaired) electrons. The van der Waals surface area contributed by atoms with Gasteiger partial charge in [0.15, 0.2) is 0 Å². The van der Waals surface area contributed by atoms with Crippen LogP contribution in [0.15, 0.2) is 0 Å². The minimum atomic E-state index is 1.18. The number of hydrogen-bond donors (Lipinski definition) is 1. The molecule has 0 atom stereocenters. The lowest BCUT2D eigenvalue weighted by Gasteiger charge is -2.13. The zero-order chi connectivity index (χ0) is 9.36. The second-order valence-electron chi connectivity index (χ2n) is 4.07. The third kappa shape index (κ3) is 5.27. The highest BCUT2D eigenvalue weighted by molar-refractivity contribution is 4.65. The summed E-state index contributed by atoms with van der Waals surface area (Å²) in [5, 5.41) is 3.19. The molecule has 0 amide bonds. The maximum Gasteiger partial charge on any atom is -0.00183 e. The molecule has 1 fully saturated rings. The van der Waals surface area contributed by atoms with E-state index in [2.05, 4.69) is 10.2 Å². The molecular formula is C11H24N2. The minimum Gasteiger partial charge on any atom is -0.320 e. The third-order valence-electron chi connectivity index (χ3n) is 2.85. The summed E-state index contributed by atoms with van der Waals surface area (Å²) < 4.78 is 0. The molecule has 1 N–H and O–H groups in total. The van der Waals surface area contributed by atoms with Gasteiger partial charge in [0.2, 0.25) is 0 Å². The van der Waals surface area contributed by atoms with Crippen molar-refractivity contribution in [2.45, 2.75) is 38.5 Å². The normalized spacial score (nSPS) is 18.2. The van der Waals surface area contributed by atoms with Gasteiger partial charge in [0, 0.05) is 0 Å². The Hall–Kier alpha value is -0.0800. The zero-order valence-corrected chi connectivity index (χ0v) is 9.02. The van der Waals surface area contributed by atoms with Crippen molar-refractivity contribution in [2.24, 2.45) is 0 Å². The standard InChI is InChI=1S/C11H24N2/c1-12-8-4-2-3-5-9-13-10-6-7-11-13/h12H,2-11H2,1H3. The Labute approximate surface area is 82.7 Å². The van der Waals surface area contributed by atoms with Crippen molar-refractivity contribution in [1.82, 2.24) is 10.2 Å². The molecule has 0 spiro atoms. The van der Waals surface area contributed by atoms with Crippen molar-refractivity contribution in [2.75, 3.05) is 33.2 Å². The predicted octanol–water partition coefficient (Wildman–Crippen LogP) is 1.86. The van der Waals surface area contributed by atoms with Crippen LogP contribution in [0.5, 0.6) is 0 Å². The predicted molar refractivity (Wildman–Crippen MR) is 58.1 cm³/mol. The van der Waals surface area contributed by atoms with Gasteiger partial charge in [-0.25, -0.2) is 0 Å². The molecule has 2 heteroatoms. The fourth-order valence-corrected chi connectivity index (χ4v) is 2.00. The summed E-state index contributed by atoms with van der Waals surface area (Å²) in [5.41, 5.74) is 0. The zero-order valence-electron chi connectivity index (χ0n) is 9.02. The molecule has 0 saturated carbocycles. The van der Waals surface area contributed by atoms with Gasteiger partial charge >= 0.3 is 0 Å². The van der Waals surface area contributed by atoms with E-state index >= 15 is 0 Å². The van der Waals surface area contributed by atoms with E-state index in [-0.39, 0.29) is 0 Å². The summed E-state index contributed by atoms with van der Waals surface area (Å²) in [6.45, 7) is 5.25. The second kappa shape index (κ2) is 7.34. The molecule has 78 valence electrons. The summed E-state index contributed by atoms with van der Waals surface area (Å²) in [6.07, 6.45) is 8.42. The van der Waals surface area contributed by atoms with Crippen LogP contribution < -0.4 is 5.32 Å². The van der Waals surface area contributed by atoms with Crippen molar-refractivity contribution in [1.29, 1.82) is 0 Å². The number of likely N-dealkylation sites (tertiary alicyclic amines) is 1. The molecule has 0 aromatic heterocycles. The Bertz CT molecular complexity index is 109. The topological polar surface area (TPSA) is 15.3 Å². The summed E-state index contributed by atoms with van der Waals surface area (Å²) >= 11 is 0. The van der Waals surface area contributed by atoms with Crippen LogP contribution in [-0.2, 0) is 0 Å². The average Bonchev–Trinajstić information content (AvgIpc) is 2.63. The molecule has 2 nitrogen and oxygen atoms in total. The molecule has 0 unspecified atom stereocenters. The molecule has 1 rings (SSSR count). The van der Waals surface area contributed by atoms with Crippen molar-refractivity contribution < 1.29 is 0 Å². The van der Waals surface area contributed by atoms with E-state index in [1.165, 1.54) is 64.7 Å². The maximum absolute atomic E-state index is 3.19. The highest BCUT2D eigenvalue weighted by Gasteiger charge is 2.09. The summed E-state index contributed by atoms with van der Waals surface area (Å²) in [4.78, 5) is 2.61. The Morgan fingerprint density at radius 1 is 1.00 bits per heavy atom. The molecule has 1 aliphatic heterocycles. The van der Waals surface area contributed by atoms with Gasteiger partial charge in [-0.2, -0.15) is 0 Å². The third-order valence-corrected chi connectivity index (χ3v) is 2.85. The first-order valence-electron chi connectivity index (χ1n) is 5.80. The molecule has 1 saturated heterocycles. The lowest BCUT2D eigenvalue weighted by Crippen LogP contribution is -2.20. The minimum absolute atomic E-state index is 1.18. The molecule has 0 aromatic rings. The number of unbranched alkanes of at least 4 members (excludes halogenated alkanes) is 3. The van der Waals surface area contributed by atoms with E-state index in [9.17, 15) is 0 Å². The molecule has 0 aliphatic carbocycles. The van der Waals surface area contributed by atoms with Gasteiger partial charge in [0.1, 0.15) is 0 Å². The SMILES string of the molecule is CNCCCCCCN1CCCC1. The molecule has 13 heavy (non-hydrogen) atoms. The van der Waals surface area contributed by atoms with Gasteiger partial charge in [-0.05, 0) is 58.9 Å². The van der Waals surface area contributed by atoms with Crippen LogP contribution in [0.3, 0.4) is 0 Å². The molecule has 1 aliphatic rings. The Balaban J connectivity index is 1.78. The van der Waals surface area contributed by atoms with E-state index in [1.54, 1.807) is 0 Å². The lowest BCUT2D eigenvalue weighted by atomic mass is 10.2. The van der Waals surface area contributed by atoms with Crippen molar-refractivity contribution in [3.63, 3.8) is 0 Å². The van der Waals surface area contributed by atoms with E-state index in [1.807, 2.05) is 7.05 Å². The fourth-order valence-electron chi connectivity index (χ4n) is 2.00. The first kappa shape index (κ1) is 11.0. The molecular weight excluding hydrogens is 160 g/mol. The van der Waals surface area contributed by atoms with Crippen molar-refractivity contribution in [3.8, 4) is 0 Å². The van der Waals surface area contributed by atoms with Crippen molar-refractivity contribution in [3.05, 3.63) is 0 Å². The molecule has 0 bridgehead atoms. The number of rotatable bonds is 7. The van der Waals surface area contributed by atoms with E-state index in [4.69, 9.17) is 0 Å². The first-order valence-corrected chi connectivity index (χ1v) is 5.80. The largest absolute Gasteiger partial charge is 0.320 e. The first-order chi connectivity index (χ1) is 6.43. The van der Waals surface area contributed by atoms with Gasteiger partial charge < -0.3 is 10.2 Å². The van der Waals surface area contributed by atoms with E-state index in [0.29, 0.717) is 0 Å². The highest BCUT2D eigenvalue weighted by atomic mass is 15.1. The van der Waals surface area contributed by atoms with Crippen LogP contribution in [0.2, 0.25) is 0 Å². The maximum atomic E-state index is 3.19. The van der Waals surface area contributed by atoms with Crippen LogP contribution in [0.25, 0.3) is 0 Å². The van der Waals surface area contributed by atoms with Crippen LogP contribution in [0.1, 0.15) is 38.5 Å². The summed E-state index contributed by atoms with van der Waals surface area (Å²) in [6, 6.07) is 0. The summed E-state index contributed by atoms with van der Waals surface area (Å²) in [7, 11) is 2.03. The molecule has 0 aromatic carbocycles. The summed E-state index contributed by atoms with van der Waals surface area (Å²) in [5.74, 6) is 0. The Morgan fingerprint density at radius 3 is 2.38 bits per heavy atom. The fraction of sp³-hybridized carbons (Fsp3) is 1.00. The van der Waals surface area contributed by atoms with E-state index < -0.39 is 0 Å².